The third-order valence-electron chi connectivity index (χ3n) is 5.63. The summed E-state index contributed by atoms with van der Waals surface area (Å²) in [5, 5.41) is 5.56. The monoisotopic (exact) mass is 459 g/mol. The van der Waals surface area contributed by atoms with Crippen molar-refractivity contribution in [2.24, 2.45) is 5.41 Å². The zero-order valence-corrected chi connectivity index (χ0v) is 19.4. The van der Waals surface area contributed by atoms with E-state index in [1.165, 1.54) is 23.4 Å². The van der Waals surface area contributed by atoms with Gasteiger partial charge in [0, 0.05) is 32.2 Å². The van der Waals surface area contributed by atoms with Crippen LogP contribution in [0.3, 0.4) is 0 Å². The average molecular weight is 460 g/mol. The van der Waals surface area contributed by atoms with Crippen LogP contribution in [0.25, 0.3) is 0 Å². The summed E-state index contributed by atoms with van der Waals surface area (Å²) < 4.78 is 32.8. The van der Waals surface area contributed by atoms with Crippen LogP contribution in [0.4, 0.5) is 5.69 Å². The second-order valence-electron chi connectivity index (χ2n) is 8.24. The van der Waals surface area contributed by atoms with Crippen LogP contribution in [0.15, 0.2) is 53.4 Å². The molecule has 0 aromatic heterocycles. The molecule has 2 aromatic rings. The summed E-state index contributed by atoms with van der Waals surface area (Å²) in [4.78, 5) is 24.3. The Morgan fingerprint density at radius 3 is 2.34 bits per heavy atom. The first-order valence-corrected chi connectivity index (χ1v) is 11.9. The quantitative estimate of drug-likeness (QED) is 0.663. The van der Waals surface area contributed by atoms with Crippen LogP contribution in [0.1, 0.15) is 32.3 Å². The third kappa shape index (κ3) is 5.46. The maximum atomic E-state index is 13.2. The zero-order valence-electron chi connectivity index (χ0n) is 18.6. The molecule has 8 nitrogen and oxygen atoms in total. The maximum Gasteiger partial charge on any atom is 0.243 e. The van der Waals surface area contributed by atoms with Crippen molar-refractivity contribution in [1.29, 1.82) is 0 Å². The van der Waals surface area contributed by atoms with Crippen molar-refractivity contribution in [3.05, 3.63) is 54.1 Å². The van der Waals surface area contributed by atoms with Crippen molar-refractivity contribution in [2.75, 3.05) is 25.5 Å². The van der Waals surface area contributed by atoms with Crippen LogP contribution in [-0.2, 0) is 26.2 Å². The van der Waals surface area contributed by atoms with Crippen LogP contribution in [-0.4, -0.2) is 44.7 Å². The van der Waals surface area contributed by atoms with E-state index in [9.17, 15) is 18.0 Å². The summed E-state index contributed by atoms with van der Waals surface area (Å²) in [5.74, 6) is 0.340. The Kier molecular flexibility index (Phi) is 7.20. The number of hydrogen-bond donors (Lipinski definition) is 2. The minimum Gasteiger partial charge on any atom is -0.497 e. The fourth-order valence-electron chi connectivity index (χ4n) is 3.79. The number of sulfonamides is 1. The highest BCUT2D eigenvalue weighted by molar-refractivity contribution is 7.89. The number of benzene rings is 2. The Morgan fingerprint density at radius 1 is 1.09 bits per heavy atom. The Balaban J connectivity index is 1.67. The number of piperidine rings is 1. The van der Waals surface area contributed by atoms with Gasteiger partial charge in [-0.05, 0) is 61.7 Å². The molecule has 9 heteroatoms. The van der Waals surface area contributed by atoms with Gasteiger partial charge in [0.1, 0.15) is 5.75 Å². The van der Waals surface area contributed by atoms with E-state index in [0.29, 0.717) is 31.6 Å². The van der Waals surface area contributed by atoms with E-state index in [1.54, 1.807) is 26.2 Å². The van der Waals surface area contributed by atoms with Gasteiger partial charge in [-0.15, -0.1) is 0 Å². The van der Waals surface area contributed by atoms with E-state index in [1.807, 2.05) is 24.3 Å². The third-order valence-corrected chi connectivity index (χ3v) is 7.49. The molecule has 1 saturated heterocycles. The van der Waals surface area contributed by atoms with Crippen molar-refractivity contribution in [3.63, 3.8) is 0 Å². The lowest BCUT2D eigenvalue weighted by molar-refractivity contribution is -0.132. The Labute approximate surface area is 189 Å². The number of methoxy groups -OCH3 is 1. The first-order chi connectivity index (χ1) is 15.1. The molecule has 0 bridgehead atoms. The van der Waals surface area contributed by atoms with Gasteiger partial charge in [-0.1, -0.05) is 12.1 Å². The van der Waals surface area contributed by atoms with Gasteiger partial charge in [-0.2, -0.15) is 4.31 Å². The molecule has 1 fully saturated rings. The highest BCUT2D eigenvalue weighted by Gasteiger charge is 2.41. The molecule has 1 atom stereocenters. The summed E-state index contributed by atoms with van der Waals surface area (Å²) in [7, 11) is -2.16. The molecule has 2 aromatic carbocycles. The van der Waals surface area contributed by atoms with Crippen molar-refractivity contribution >= 4 is 27.5 Å². The Morgan fingerprint density at radius 2 is 1.75 bits per heavy atom. The molecular formula is C23H29N3O5S. The molecular weight excluding hydrogens is 430 g/mol. The van der Waals surface area contributed by atoms with Crippen LogP contribution in [0.2, 0.25) is 0 Å². The smallest absolute Gasteiger partial charge is 0.243 e. The first-order valence-electron chi connectivity index (χ1n) is 10.4. The fourth-order valence-corrected chi connectivity index (χ4v) is 5.39. The van der Waals surface area contributed by atoms with Gasteiger partial charge >= 0.3 is 0 Å². The van der Waals surface area contributed by atoms with Gasteiger partial charge in [0.25, 0.3) is 0 Å². The van der Waals surface area contributed by atoms with E-state index in [4.69, 9.17) is 4.74 Å². The molecule has 0 radical (unpaired) electrons. The highest BCUT2D eigenvalue weighted by atomic mass is 32.2. The molecule has 0 saturated carbocycles. The molecule has 1 aliphatic heterocycles. The standard InChI is InChI=1S/C23H29N3O5S/c1-17(27)25-19-7-11-21(12-8-19)32(29,30)26-14-4-13-23(2,16-26)22(28)24-15-18-5-9-20(31-3)10-6-18/h5-12H,4,13-16H2,1-3H3,(H,24,28)(H,25,27). The molecule has 32 heavy (non-hydrogen) atoms. The predicted molar refractivity (Wildman–Crippen MR) is 122 cm³/mol. The van der Waals surface area contributed by atoms with Crippen molar-refractivity contribution in [3.8, 4) is 5.75 Å². The topological polar surface area (TPSA) is 105 Å². The lowest BCUT2D eigenvalue weighted by Gasteiger charge is -2.38. The van der Waals surface area contributed by atoms with Gasteiger partial charge in [0.05, 0.1) is 17.4 Å². The number of carbonyl (C=O) groups excluding carboxylic acids is 2. The molecule has 0 spiro atoms. The normalized spacial score (nSPS) is 19.2. The fraction of sp³-hybridized carbons (Fsp3) is 0.391. The summed E-state index contributed by atoms with van der Waals surface area (Å²) in [5.41, 5.74) is 0.633. The number of carbonyl (C=O) groups is 2. The molecule has 1 heterocycles. The van der Waals surface area contributed by atoms with Crippen LogP contribution < -0.4 is 15.4 Å². The van der Waals surface area contributed by atoms with Gasteiger partial charge in [-0.3, -0.25) is 9.59 Å². The van der Waals surface area contributed by atoms with E-state index >= 15 is 0 Å². The van der Waals surface area contributed by atoms with Gasteiger partial charge in [0.15, 0.2) is 0 Å². The van der Waals surface area contributed by atoms with Gasteiger partial charge < -0.3 is 15.4 Å². The van der Waals surface area contributed by atoms with Crippen molar-refractivity contribution < 1.29 is 22.7 Å². The Bertz CT molecular complexity index is 1070. The number of anilines is 1. The minimum absolute atomic E-state index is 0.108. The zero-order chi connectivity index (χ0) is 23.4. The molecule has 1 unspecified atom stereocenters. The van der Waals surface area contributed by atoms with Gasteiger partial charge in [0.2, 0.25) is 21.8 Å². The lowest BCUT2D eigenvalue weighted by Crippen LogP contribution is -2.51. The number of amides is 2. The summed E-state index contributed by atoms with van der Waals surface area (Å²) in [6.07, 6.45) is 1.20. The number of nitrogens with one attached hydrogen (secondary N) is 2. The second kappa shape index (κ2) is 9.70. The number of hydrogen-bond acceptors (Lipinski definition) is 5. The maximum absolute atomic E-state index is 13.2. The van der Waals surface area contributed by atoms with Gasteiger partial charge in [-0.25, -0.2) is 8.42 Å². The van der Waals surface area contributed by atoms with Crippen LogP contribution >= 0.6 is 0 Å². The average Bonchev–Trinajstić information content (AvgIpc) is 2.77. The summed E-state index contributed by atoms with van der Waals surface area (Å²) in [6, 6.07) is 13.5. The van der Waals surface area contributed by atoms with E-state index in [0.717, 1.165) is 11.3 Å². The van der Waals surface area contributed by atoms with E-state index in [2.05, 4.69) is 10.6 Å². The van der Waals surface area contributed by atoms with Crippen molar-refractivity contribution in [2.45, 2.75) is 38.1 Å². The molecule has 3 rings (SSSR count). The molecule has 1 aliphatic rings. The second-order valence-corrected chi connectivity index (χ2v) is 10.2. The summed E-state index contributed by atoms with van der Waals surface area (Å²) >= 11 is 0. The molecule has 0 aliphatic carbocycles. The highest BCUT2D eigenvalue weighted by Crippen LogP contribution is 2.33. The number of nitrogens with zero attached hydrogens (tertiary/aromatic N) is 1. The molecule has 2 N–H and O–H groups in total. The Hall–Kier alpha value is -2.91. The number of rotatable bonds is 7. The first kappa shape index (κ1) is 23.7. The lowest BCUT2D eigenvalue weighted by atomic mass is 9.82. The molecule has 172 valence electrons. The SMILES string of the molecule is COc1ccc(CNC(=O)C2(C)CCCN(S(=O)(=O)c3ccc(NC(C)=O)cc3)C2)cc1. The van der Waals surface area contributed by atoms with Crippen molar-refractivity contribution in [1.82, 2.24) is 9.62 Å². The molecule has 2 amide bonds. The van der Waals surface area contributed by atoms with E-state index in [-0.39, 0.29) is 23.3 Å². The predicted octanol–water partition coefficient (Wildman–Crippen LogP) is 2.76. The summed E-state index contributed by atoms with van der Waals surface area (Å²) in [6.45, 7) is 4.01. The van der Waals surface area contributed by atoms with E-state index < -0.39 is 15.4 Å². The van der Waals surface area contributed by atoms with Crippen LogP contribution in [0.5, 0.6) is 5.75 Å². The number of ether oxygens (including phenoxy) is 1. The minimum atomic E-state index is -3.76. The van der Waals surface area contributed by atoms with Crippen LogP contribution in [0, 0.1) is 5.41 Å². The largest absolute Gasteiger partial charge is 0.497 e.